The number of fused-ring (bicyclic) bond motifs is 7. The van der Waals surface area contributed by atoms with Gasteiger partial charge >= 0.3 is 0 Å². The van der Waals surface area contributed by atoms with E-state index in [-0.39, 0.29) is 5.41 Å². The molecule has 270 valence electrons. The van der Waals surface area contributed by atoms with Crippen molar-refractivity contribution >= 4 is 10.8 Å². The molecule has 0 spiro atoms. The Morgan fingerprint density at radius 2 is 1.02 bits per heavy atom. The summed E-state index contributed by atoms with van der Waals surface area (Å²) in [5.74, 6) is 3.55. The SMILES string of the molecule is CC1(C)c2ccccc2-c2c1ccc1c2Oc2cc(-c3cccc(-c4nc(-c5ccccc5)cc(-c5ccc(-c6ccccc6)c6ccccc56)n4)c3)ccc2O1. The minimum absolute atomic E-state index is 0.134. The molecule has 4 nitrogen and oxygen atoms in total. The minimum atomic E-state index is -0.134. The van der Waals surface area contributed by atoms with Crippen LogP contribution < -0.4 is 9.47 Å². The number of rotatable bonds is 5. The van der Waals surface area contributed by atoms with Crippen LogP contribution in [0.3, 0.4) is 0 Å². The average molecular weight is 733 g/mol. The molecular weight excluding hydrogens is 697 g/mol. The molecule has 57 heavy (non-hydrogen) atoms. The Morgan fingerprint density at radius 3 is 1.84 bits per heavy atom. The van der Waals surface area contributed by atoms with E-state index in [9.17, 15) is 0 Å². The molecule has 0 amide bonds. The van der Waals surface area contributed by atoms with Gasteiger partial charge < -0.3 is 9.47 Å². The van der Waals surface area contributed by atoms with Crippen LogP contribution >= 0.6 is 0 Å². The van der Waals surface area contributed by atoms with Crippen LogP contribution in [0.15, 0.2) is 182 Å². The maximum absolute atomic E-state index is 6.80. The molecule has 2 aliphatic rings. The van der Waals surface area contributed by atoms with Gasteiger partial charge in [0.25, 0.3) is 0 Å². The normalized spacial score (nSPS) is 13.2. The monoisotopic (exact) mass is 732 g/mol. The number of nitrogens with zero attached hydrogens (tertiary/aromatic N) is 2. The molecule has 0 fully saturated rings. The Balaban J connectivity index is 1.00. The first-order chi connectivity index (χ1) is 28.0. The van der Waals surface area contributed by atoms with Gasteiger partial charge in [0.2, 0.25) is 0 Å². The van der Waals surface area contributed by atoms with Gasteiger partial charge in [-0.05, 0) is 80.0 Å². The lowest BCUT2D eigenvalue weighted by molar-refractivity contribution is 0.360. The summed E-state index contributed by atoms with van der Waals surface area (Å²) in [6.45, 7) is 4.55. The van der Waals surface area contributed by atoms with E-state index in [1.807, 2.05) is 18.2 Å². The number of hydrogen-bond donors (Lipinski definition) is 0. The molecule has 9 aromatic rings. The van der Waals surface area contributed by atoms with Crippen molar-refractivity contribution in [1.82, 2.24) is 9.97 Å². The fourth-order valence-electron chi connectivity index (χ4n) is 8.71. The van der Waals surface area contributed by atoms with Gasteiger partial charge in [-0.15, -0.1) is 0 Å². The Bertz CT molecular complexity index is 3040. The van der Waals surface area contributed by atoms with Gasteiger partial charge in [0, 0.05) is 27.7 Å². The molecular formula is C53H36N2O2. The van der Waals surface area contributed by atoms with E-state index in [0.29, 0.717) is 17.3 Å². The van der Waals surface area contributed by atoms with Crippen molar-refractivity contribution in [2.24, 2.45) is 0 Å². The zero-order chi connectivity index (χ0) is 38.1. The van der Waals surface area contributed by atoms with Gasteiger partial charge in [-0.1, -0.05) is 166 Å². The maximum Gasteiger partial charge on any atom is 0.178 e. The van der Waals surface area contributed by atoms with Crippen molar-refractivity contribution in [3.05, 3.63) is 193 Å². The number of hydrogen-bond acceptors (Lipinski definition) is 4. The second-order valence-corrected chi connectivity index (χ2v) is 15.3. The number of ether oxygens (including phenoxy) is 2. The van der Waals surface area contributed by atoms with E-state index in [0.717, 1.165) is 61.7 Å². The summed E-state index contributed by atoms with van der Waals surface area (Å²) in [6.07, 6.45) is 0. The van der Waals surface area contributed by atoms with Crippen molar-refractivity contribution in [3.63, 3.8) is 0 Å². The van der Waals surface area contributed by atoms with Crippen molar-refractivity contribution in [3.8, 4) is 90.3 Å². The van der Waals surface area contributed by atoms with Crippen LogP contribution in [-0.4, -0.2) is 9.97 Å². The highest BCUT2D eigenvalue weighted by Crippen LogP contribution is 2.58. The summed E-state index contributed by atoms with van der Waals surface area (Å²) in [5, 5.41) is 2.33. The molecule has 0 saturated heterocycles. The van der Waals surface area contributed by atoms with Gasteiger partial charge in [-0.2, -0.15) is 0 Å². The van der Waals surface area contributed by atoms with Crippen molar-refractivity contribution in [2.45, 2.75) is 19.3 Å². The van der Waals surface area contributed by atoms with E-state index < -0.39 is 0 Å². The first-order valence-corrected chi connectivity index (χ1v) is 19.4. The Hall–Kier alpha value is -7.30. The van der Waals surface area contributed by atoms with Crippen LogP contribution in [0.4, 0.5) is 0 Å². The van der Waals surface area contributed by atoms with E-state index >= 15 is 0 Å². The second kappa shape index (κ2) is 12.9. The Labute approximate surface area is 331 Å². The summed E-state index contributed by atoms with van der Waals surface area (Å²) in [4.78, 5) is 10.5. The fraction of sp³-hybridized carbons (Fsp3) is 0.0566. The van der Waals surface area contributed by atoms with E-state index in [1.165, 1.54) is 33.2 Å². The van der Waals surface area contributed by atoms with Crippen LogP contribution in [0.2, 0.25) is 0 Å². The third-order valence-electron chi connectivity index (χ3n) is 11.6. The van der Waals surface area contributed by atoms with Gasteiger partial charge in [-0.3, -0.25) is 0 Å². The number of aromatic nitrogens is 2. The van der Waals surface area contributed by atoms with Gasteiger partial charge in [0.15, 0.2) is 28.8 Å². The first-order valence-electron chi connectivity index (χ1n) is 19.4. The first kappa shape index (κ1) is 33.1. The molecule has 0 atom stereocenters. The maximum atomic E-state index is 6.80. The molecule has 11 rings (SSSR count). The lowest BCUT2D eigenvalue weighted by Gasteiger charge is -2.25. The summed E-state index contributed by atoms with van der Waals surface area (Å²) in [7, 11) is 0. The molecule has 4 heteroatoms. The molecule has 0 radical (unpaired) electrons. The predicted octanol–water partition coefficient (Wildman–Crippen LogP) is 14.2. The third-order valence-corrected chi connectivity index (χ3v) is 11.6. The summed E-state index contributed by atoms with van der Waals surface area (Å²) < 4.78 is 13.3. The Morgan fingerprint density at radius 1 is 0.386 bits per heavy atom. The van der Waals surface area contributed by atoms with Crippen molar-refractivity contribution in [2.75, 3.05) is 0 Å². The van der Waals surface area contributed by atoms with Crippen LogP contribution in [0.25, 0.3) is 78.1 Å². The molecule has 8 aromatic carbocycles. The van der Waals surface area contributed by atoms with E-state index in [4.69, 9.17) is 19.4 Å². The molecule has 0 N–H and O–H groups in total. The van der Waals surface area contributed by atoms with Crippen LogP contribution in [-0.2, 0) is 5.41 Å². The third kappa shape index (κ3) is 5.44. The van der Waals surface area contributed by atoms with Crippen LogP contribution in [0.1, 0.15) is 25.0 Å². The largest absolute Gasteiger partial charge is 0.449 e. The van der Waals surface area contributed by atoms with E-state index in [1.54, 1.807) is 0 Å². The predicted molar refractivity (Wildman–Crippen MR) is 231 cm³/mol. The van der Waals surface area contributed by atoms with Gasteiger partial charge in [0.05, 0.1) is 11.4 Å². The highest BCUT2D eigenvalue weighted by atomic mass is 16.6. The average Bonchev–Trinajstić information content (AvgIpc) is 3.51. The quantitative estimate of drug-likeness (QED) is 0.177. The lowest BCUT2D eigenvalue weighted by atomic mass is 9.82. The zero-order valence-electron chi connectivity index (χ0n) is 31.5. The highest BCUT2D eigenvalue weighted by Gasteiger charge is 2.39. The topological polar surface area (TPSA) is 44.2 Å². The smallest absolute Gasteiger partial charge is 0.178 e. The van der Waals surface area contributed by atoms with E-state index in [2.05, 4.69) is 178 Å². The second-order valence-electron chi connectivity index (χ2n) is 15.3. The Kier molecular flexibility index (Phi) is 7.48. The molecule has 0 saturated carbocycles. The van der Waals surface area contributed by atoms with Crippen molar-refractivity contribution in [1.29, 1.82) is 0 Å². The molecule has 1 aromatic heterocycles. The summed E-state index contributed by atoms with van der Waals surface area (Å²) in [5.41, 5.74) is 13.9. The number of benzene rings is 8. The molecule has 1 aliphatic heterocycles. The summed E-state index contributed by atoms with van der Waals surface area (Å²) >= 11 is 0. The zero-order valence-corrected chi connectivity index (χ0v) is 31.5. The van der Waals surface area contributed by atoms with Gasteiger partial charge in [0.1, 0.15) is 0 Å². The fourth-order valence-corrected chi connectivity index (χ4v) is 8.71. The van der Waals surface area contributed by atoms with Crippen LogP contribution in [0.5, 0.6) is 23.0 Å². The highest BCUT2D eigenvalue weighted by molar-refractivity contribution is 6.04. The summed E-state index contributed by atoms with van der Waals surface area (Å²) in [6, 6.07) is 63.5. The lowest BCUT2D eigenvalue weighted by Crippen LogP contribution is -2.15. The molecule has 0 unspecified atom stereocenters. The molecule has 2 heterocycles. The standard InChI is InChI=1S/C53H36N2O2/c1-53(2)43-23-12-11-22-42(43)50-44(53)27-29-48-51(50)57-49-31-36(24-28-47(49)56-48)35-18-13-19-37(30-35)52-54-45(34-16-7-4-8-17-34)32-46(55-52)41-26-25-38(33-14-5-3-6-15-33)39-20-9-10-21-40(39)41/h3-32H,1-2H3. The van der Waals surface area contributed by atoms with Gasteiger partial charge in [-0.25, -0.2) is 9.97 Å². The van der Waals surface area contributed by atoms with Crippen LogP contribution in [0, 0.1) is 0 Å². The van der Waals surface area contributed by atoms with Crippen molar-refractivity contribution < 1.29 is 9.47 Å². The minimum Gasteiger partial charge on any atom is -0.449 e. The molecule has 0 bridgehead atoms. The molecule has 1 aliphatic carbocycles.